The molecule has 18 heavy (non-hydrogen) atoms. The summed E-state index contributed by atoms with van der Waals surface area (Å²) in [4.78, 5) is 3.94. The molecule has 1 saturated heterocycles. The van der Waals surface area contributed by atoms with Crippen LogP contribution in [0.15, 0.2) is 0 Å². The summed E-state index contributed by atoms with van der Waals surface area (Å²) in [6.45, 7) is 8.71. The lowest BCUT2D eigenvalue weighted by molar-refractivity contribution is 0.138. The second kappa shape index (κ2) is 6.24. The Morgan fingerprint density at radius 3 is 2.89 bits per heavy atom. The van der Waals surface area contributed by atoms with Crippen LogP contribution >= 0.6 is 0 Å². The Labute approximate surface area is 109 Å². The average molecular weight is 252 g/mol. The Morgan fingerprint density at radius 1 is 1.44 bits per heavy atom. The van der Waals surface area contributed by atoms with Crippen LogP contribution in [0.2, 0.25) is 0 Å². The second-order valence-electron chi connectivity index (χ2n) is 5.26. The predicted octanol–water partition coefficient (Wildman–Crippen LogP) is 0.420. The van der Waals surface area contributed by atoms with Crippen LogP contribution in [0.5, 0.6) is 0 Å². The van der Waals surface area contributed by atoms with Crippen molar-refractivity contribution in [1.82, 2.24) is 30.4 Å². The van der Waals surface area contributed by atoms with Gasteiger partial charge in [-0.25, -0.2) is 0 Å². The Morgan fingerprint density at radius 2 is 2.28 bits per heavy atom. The summed E-state index contributed by atoms with van der Waals surface area (Å²) in [5, 5.41) is 15.8. The van der Waals surface area contributed by atoms with Gasteiger partial charge in [0, 0.05) is 19.1 Å². The van der Waals surface area contributed by atoms with Crippen molar-refractivity contribution in [2.75, 3.05) is 19.6 Å². The van der Waals surface area contributed by atoms with Crippen LogP contribution in [0.3, 0.4) is 0 Å². The highest BCUT2D eigenvalue weighted by atomic mass is 15.6. The summed E-state index contributed by atoms with van der Waals surface area (Å²) in [7, 11) is 1.81. The molecule has 0 aromatic carbocycles. The molecule has 1 aromatic rings. The third-order valence-corrected chi connectivity index (χ3v) is 3.56. The Hall–Kier alpha value is -1.01. The molecular formula is C12H24N6. The molecule has 0 aliphatic carbocycles. The van der Waals surface area contributed by atoms with E-state index < -0.39 is 0 Å². The first-order valence-corrected chi connectivity index (χ1v) is 6.87. The van der Waals surface area contributed by atoms with E-state index in [9.17, 15) is 0 Å². The highest BCUT2D eigenvalue weighted by Crippen LogP contribution is 2.17. The fourth-order valence-corrected chi connectivity index (χ4v) is 2.60. The third-order valence-electron chi connectivity index (χ3n) is 3.56. The lowest BCUT2D eigenvalue weighted by atomic mass is 9.94. The number of piperidine rings is 1. The number of likely N-dealkylation sites (tertiary alicyclic amines) is 1. The topological polar surface area (TPSA) is 58.9 Å². The molecule has 1 aliphatic heterocycles. The summed E-state index contributed by atoms with van der Waals surface area (Å²) in [6, 6.07) is 0.663. The van der Waals surface area contributed by atoms with Gasteiger partial charge in [0.2, 0.25) is 0 Å². The smallest absolute Gasteiger partial charge is 0.188 e. The van der Waals surface area contributed by atoms with Gasteiger partial charge in [-0.2, -0.15) is 4.80 Å². The van der Waals surface area contributed by atoms with Crippen LogP contribution in [0.4, 0.5) is 0 Å². The maximum absolute atomic E-state index is 4.24. The number of aromatic nitrogens is 4. The van der Waals surface area contributed by atoms with Gasteiger partial charge in [-0.1, -0.05) is 13.8 Å². The van der Waals surface area contributed by atoms with E-state index in [1.165, 1.54) is 17.6 Å². The van der Waals surface area contributed by atoms with Crippen LogP contribution in [0, 0.1) is 5.92 Å². The third kappa shape index (κ3) is 3.49. The zero-order valence-electron chi connectivity index (χ0n) is 11.6. The average Bonchev–Trinajstić information content (AvgIpc) is 2.74. The number of rotatable bonds is 5. The van der Waals surface area contributed by atoms with Gasteiger partial charge in [0.1, 0.15) is 0 Å². The molecule has 0 bridgehead atoms. The minimum Gasteiger partial charge on any atom is -0.314 e. The molecule has 1 fully saturated rings. The van der Waals surface area contributed by atoms with E-state index in [2.05, 4.69) is 39.5 Å². The summed E-state index contributed by atoms with van der Waals surface area (Å²) in [5.74, 6) is 1.51. The molecule has 2 atom stereocenters. The zero-order chi connectivity index (χ0) is 13.0. The number of hydrogen-bond donors (Lipinski definition) is 1. The zero-order valence-corrected chi connectivity index (χ0v) is 11.6. The monoisotopic (exact) mass is 252 g/mol. The van der Waals surface area contributed by atoms with E-state index in [0.29, 0.717) is 12.0 Å². The van der Waals surface area contributed by atoms with Crippen molar-refractivity contribution in [3.05, 3.63) is 5.82 Å². The molecule has 2 heterocycles. The van der Waals surface area contributed by atoms with Crippen molar-refractivity contribution in [3.8, 4) is 0 Å². The fraction of sp³-hybridized carbons (Fsp3) is 0.917. The van der Waals surface area contributed by atoms with Gasteiger partial charge >= 0.3 is 0 Å². The van der Waals surface area contributed by atoms with E-state index in [-0.39, 0.29) is 0 Å². The van der Waals surface area contributed by atoms with Crippen molar-refractivity contribution in [1.29, 1.82) is 0 Å². The first kappa shape index (κ1) is 13.4. The number of hydrogen-bond acceptors (Lipinski definition) is 5. The normalized spacial score (nSPS) is 25.5. The van der Waals surface area contributed by atoms with E-state index in [1.807, 2.05) is 0 Å². The van der Waals surface area contributed by atoms with Gasteiger partial charge in [0.25, 0.3) is 0 Å². The summed E-state index contributed by atoms with van der Waals surface area (Å²) in [5.41, 5.74) is 0. The molecule has 0 spiro atoms. The molecule has 1 aromatic heterocycles. The standard InChI is InChI=1S/C12H24N6/c1-4-6-13-11-5-7-18(8-10(11)2)9-12-14-16-17(3)15-12/h10-11,13H,4-9H2,1-3H3. The minimum absolute atomic E-state index is 0.663. The number of tetrazole rings is 1. The van der Waals surface area contributed by atoms with Gasteiger partial charge in [-0.3, -0.25) is 4.90 Å². The Kier molecular flexibility index (Phi) is 4.66. The quantitative estimate of drug-likeness (QED) is 0.823. The van der Waals surface area contributed by atoms with Crippen LogP contribution in [0.25, 0.3) is 0 Å². The van der Waals surface area contributed by atoms with Gasteiger partial charge in [0.05, 0.1) is 13.6 Å². The first-order valence-electron chi connectivity index (χ1n) is 6.87. The van der Waals surface area contributed by atoms with Crippen molar-refractivity contribution in [2.24, 2.45) is 13.0 Å². The van der Waals surface area contributed by atoms with Crippen molar-refractivity contribution >= 4 is 0 Å². The molecule has 0 radical (unpaired) electrons. The molecule has 1 aliphatic rings. The molecule has 0 amide bonds. The number of nitrogens with one attached hydrogen (secondary N) is 1. The van der Waals surface area contributed by atoms with Gasteiger partial charge in [-0.15, -0.1) is 10.2 Å². The summed E-state index contributed by atoms with van der Waals surface area (Å²) < 4.78 is 0. The van der Waals surface area contributed by atoms with E-state index >= 15 is 0 Å². The number of nitrogens with zero attached hydrogens (tertiary/aromatic N) is 5. The highest BCUT2D eigenvalue weighted by Gasteiger charge is 2.25. The van der Waals surface area contributed by atoms with E-state index in [4.69, 9.17) is 0 Å². The van der Waals surface area contributed by atoms with Crippen molar-refractivity contribution in [3.63, 3.8) is 0 Å². The van der Waals surface area contributed by atoms with Crippen molar-refractivity contribution < 1.29 is 0 Å². The molecule has 1 N–H and O–H groups in total. The Balaban J connectivity index is 1.80. The van der Waals surface area contributed by atoms with Gasteiger partial charge in [-0.05, 0) is 30.5 Å². The largest absolute Gasteiger partial charge is 0.314 e. The van der Waals surface area contributed by atoms with E-state index in [0.717, 1.165) is 32.0 Å². The molecule has 102 valence electrons. The van der Waals surface area contributed by atoms with Crippen molar-refractivity contribution in [2.45, 2.75) is 39.3 Å². The van der Waals surface area contributed by atoms with Crippen LogP contribution in [-0.2, 0) is 13.6 Å². The summed E-state index contributed by atoms with van der Waals surface area (Å²) in [6.07, 6.45) is 2.41. The Bertz CT molecular complexity index is 363. The SMILES string of the molecule is CCCNC1CCN(Cc2nnn(C)n2)CC1C. The number of aryl methyl sites for hydroxylation is 1. The lowest BCUT2D eigenvalue weighted by Crippen LogP contribution is -2.48. The molecule has 2 unspecified atom stereocenters. The maximum atomic E-state index is 4.24. The first-order chi connectivity index (χ1) is 8.69. The minimum atomic E-state index is 0.663. The van der Waals surface area contributed by atoms with Crippen LogP contribution in [0.1, 0.15) is 32.5 Å². The predicted molar refractivity (Wildman–Crippen MR) is 69.9 cm³/mol. The van der Waals surface area contributed by atoms with Crippen LogP contribution in [-0.4, -0.2) is 50.8 Å². The highest BCUT2D eigenvalue weighted by molar-refractivity contribution is 4.86. The van der Waals surface area contributed by atoms with Gasteiger partial charge < -0.3 is 5.32 Å². The molecule has 6 heteroatoms. The van der Waals surface area contributed by atoms with E-state index in [1.54, 1.807) is 7.05 Å². The van der Waals surface area contributed by atoms with Gasteiger partial charge in [0.15, 0.2) is 5.82 Å². The maximum Gasteiger partial charge on any atom is 0.188 e. The summed E-state index contributed by atoms with van der Waals surface area (Å²) >= 11 is 0. The lowest BCUT2D eigenvalue weighted by Gasteiger charge is -2.36. The second-order valence-corrected chi connectivity index (χ2v) is 5.26. The molecular weight excluding hydrogens is 228 g/mol. The van der Waals surface area contributed by atoms with Crippen LogP contribution < -0.4 is 5.32 Å². The molecule has 0 saturated carbocycles. The fourth-order valence-electron chi connectivity index (χ4n) is 2.60. The molecule has 6 nitrogen and oxygen atoms in total. The molecule has 2 rings (SSSR count).